The summed E-state index contributed by atoms with van der Waals surface area (Å²) < 4.78 is 43.2. The molecule has 7 heteroatoms. The van der Waals surface area contributed by atoms with Crippen molar-refractivity contribution in [2.45, 2.75) is 26.1 Å². The van der Waals surface area contributed by atoms with E-state index in [4.69, 9.17) is 10.4 Å². The van der Waals surface area contributed by atoms with Gasteiger partial charge in [0.05, 0.1) is 36.8 Å². The Labute approximate surface area is 113 Å². The minimum atomic E-state index is -4.74. The first-order chi connectivity index (χ1) is 9.33. The lowest BCUT2D eigenvalue weighted by molar-refractivity contribution is -0.142. The van der Waals surface area contributed by atoms with Crippen molar-refractivity contribution >= 4 is 5.97 Å². The summed E-state index contributed by atoms with van der Waals surface area (Å²) in [6.45, 7) is 0.877. The van der Waals surface area contributed by atoms with Crippen LogP contribution in [0.1, 0.15) is 29.2 Å². The van der Waals surface area contributed by atoms with Gasteiger partial charge in [-0.2, -0.15) is 18.4 Å². The summed E-state index contributed by atoms with van der Waals surface area (Å²) in [5, 5.41) is 17.9. The minimum Gasteiger partial charge on any atom is -0.466 e. The van der Waals surface area contributed by atoms with Crippen LogP contribution in [0.4, 0.5) is 13.2 Å². The van der Waals surface area contributed by atoms with Gasteiger partial charge >= 0.3 is 12.1 Å². The fourth-order valence-electron chi connectivity index (χ4n) is 1.80. The number of carbonyl (C=O) groups is 1. The van der Waals surface area contributed by atoms with Gasteiger partial charge in [-0.15, -0.1) is 0 Å². The van der Waals surface area contributed by atoms with Crippen LogP contribution in [0.5, 0.6) is 0 Å². The highest BCUT2D eigenvalue weighted by molar-refractivity contribution is 5.73. The van der Waals surface area contributed by atoms with Gasteiger partial charge in [0.25, 0.3) is 0 Å². The second-order valence-electron chi connectivity index (χ2n) is 3.93. The molecule has 0 aromatic heterocycles. The number of benzene rings is 1. The number of esters is 1. The molecule has 0 heterocycles. The third-order valence-electron chi connectivity index (χ3n) is 2.51. The molecule has 0 aliphatic rings. The molecule has 0 spiro atoms. The molecule has 1 aromatic carbocycles. The summed E-state index contributed by atoms with van der Waals surface area (Å²) in [6.07, 6.45) is -5.00. The Bertz CT molecular complexity index is 547. The second kappa shape index (κ2) is 6.39. The Morgan fingerprint density at radius 2 is 2.10 bits per heavy atom. The van der Waals surface area contributed by atoms with Crippen LogP contribution in [0.15, 0.2) is 12.1 Å². The van der Waals surface area contributed by atoms with E-state index in [-0.39, 0.29) is 18.6 Å². The first-order valence-corrected chi connectivity index (χ1v) is 5.73. The van der Waals surface area contributed by atoms with Gasteiger partial charge in [-0.25, -0.2) is 0 Å². The summed E-state index contributed by atoms with van der Waals surface area (Å²) in [5.74, 6) is -0.611. The number of hydrogen-bond acceptors (Lipinski definition) is 4. The van der Waals surface area contributed by atoms with E-state index in [0.717, 1.165) is 12.1 Å². The lowest BCUT2D eigenvalue weighted by atomic mass is 9.96. The molecule has 0 bridgehead atoms. The van der Waals surface area contributed by atoms with Crippen LogP contribution in [-0.4, -0.2) is 17.7 Å². The highest BCUT2D eigenvalue weighted by Gasteiger charge is 2.36. The summed E-state index contributed by atoms with van der Waals surface area (Å²) >= 11 is 0. The van der Waals surface area contributed by atoms with Crippen LogP contribution in [-0.2, 0) is 28.7 Å². The predicted molar refractivity (Wildman–Crippen MR) is 62.4 cm³/mol. The van der Waals surface area contributed by atoms with Crippen molar-refractivity contribution in [1.82, 2.24) is 0 Å². The Balaban J connectivity index is 3.27. The molecule has 1 N–H and O–H groups in total. The van der Waals surface area contributed by atoms with Crippen LogP contribution in [0.25, 0.3) is 0 Å². The van der Waals surface area contributed by atoms with E-state index in [1.165, 1.54) is 6.07 Å². The molecule has 4 nitrogen and oxygen atoms in total. The fourth-order valence-corrected chi connectivity index (χ4v) is 1.80. The van der Waals surface area contributed by atoms with Crippen molar-refractivity contribution < 1.29 is 27.8 Å². The van der Waals surface area contributed by atoms with Crippen LogP contribution in [0.2, 0.25) is 0 Å². The maximum atomic E-state index is 12.8. The number of nitrogens with zero attached hydrogens (tertiary/aromatic N) is 1. The molecule has 0 aliphatic heterocycles. The van der Waals surface area contributed by atoms with Crippen molar-refractivity contribution in [3.05, 3.63) is 34.4 Å². The van der Waals surface area contributed by atoms with E-state index >= 15 is 0 Å². The molecule has 0 fully saturated rings. The first kappa shape index (κ1) is 16.0. The third-order valence-corrected chi connectivity index (χ3v) is 2.51. The lowest BCUT2D eigenvalue weighted by Crippen LogP contribution is -2.14. The maximum absolute atomic E-state index is 12.8. The zero-order chi connectivity index (χ0) is 15.3. The van der Waals surface area contributed by atoms with Gasteiger partial charge in [0.2, 0.25) is 0 Å². The van der Waals surface area contributed by atoms with E-state index in [1.54, 1.807) is 6.92 Å². The molecular weight excluding hydrogens is 275 g/mol. The van der Waals surface area contributed by atoms with Crippen molar-refractivity contribution in [3.8, 4) is 6.07 Å². The Morgan fingerprint density at radius 3 is 2.55 bits per heavy atom. The standard InChI is InChI=1S/C13H12F3NO3/c1-2-20-11(19)5-8-3-9(6-17)12(13(14,15)16)10(4-8)7-18/h3-4,18H,2,5,7H2,1H3. The first-order valence-electron chi connectivity index (χ1n) is 5.73. The molecule has 0 unspecified atom stereocenters. The van der Waals surface area contributed by atoms with Gasteiger partial charge in [0.1, 0.15) is 0 Å². The predicted octanol–water partition coefficient (Wildman–Crippen LogP) is 2.17. The zero-order valence-corrected chi connectivity index (χ0v) is 10.6. The highest BCUT2D eigenvalue weighted by atomic mass is 19.4. The molecule has 0 amide bonds. The van der Waals surface area contributed by atoms with Crippen molar-refractivity contribution in [2.24, 2.45) is 0 Å². The molecule has 0 saturated carbocycles. The topological polar surface area (TPSA) is 70.3 Å². The zero-order valence-electron chi connectivity index (χ0n) is 10.6. The number of halogens is 3. The average Bonchev–Trinajstić information content (AvgIpc) is 2.36. The van der Waals surface area contributed by atoms with E-state index in [2.05, 4.69) is 4.74 Å². The van der Waals surface area contributed by atoms with E-state index in [9.17, 15) is 18.0 Å². The number of carbonyl (C=O) groups excluding carboxylic acids is 1. The minimum absolute atomic E-state index is 0.150. The molecule has 0 radical (unpaired) electrons. The maximum Gasteiger partial charge on any atom is 0.418 e. The number of aliphatic hydroxyl groups is 1. The molecule has 20 heavy (non-hydrogen) atoms. The number of alkyl halides is 3. The largest absolute Gasteiger partial charge is 0.466 e. The molecule has 0 saturated heterocycles. The lowest BCUT2D eigenvalue weighted by Gasteiger charge is -2.14. The van der Waals surface area contributed by atoms with Gasteiger partial charge in [0.15, 0.2) is 0 Å². The Hall–Kier alpha value is -2.07. The Morgan fingerprint density at radius 1 is 1.45 bits per heavy atom. The molecule has 108 valence electrons. The number of hydrogen-bond donors (Lipinski definition) is 1. The third kappa shape index (κ3) is 3.71. The highest BCUT2D eigenvalue weighted by Crippen LogP contribution is 2.35. The summed E-state index contributed by atoms with van der Waals surface area (Å²) in [6, 6.07) is 3.48. The van der Waals surface area contributed by atoms with Crippen molar-refractivity contribution in [2.75, 3.05) is 6.61 Å². The van der Waals surface area contributed by atoms with E-state index in [0.29, 0.717) is 0 Å². The summed E-state index contributed by atoms with van der Waals surface area (Å²) in [4.78, 5) is 11.3. The van der Waals surface area contributed by atoms with Gasteiger partial charge in [-0.3, -0.25) is 4.79 Å². The summed E-state index contributed by atoms with van der Waals surface area (Å²) in [5.41, 5.74) is -2.04. The number of ether oxygens (including phenoxy) is 1. The van der Waals surface area contributed by atoms with Crippen LogP contribution in [0.3, 0.4) is 0 Å². The molecule has 0 aliphatic carbocycles. The quantitative estimate of drug-likeness (QED) is 0.862. The number of rotatable bonds is 4. The molecular formula is C13H12F3NO3. The van der Waals surface area contributed by atoms with Crippen LogP contribution < -0.4 is 0 Å². The summed E-state index contributed by atoms with van der Waals surface area (Å²) in [7, 11) is 0. The average molecular weight is 287 g/mol. The second-order valence-corrected chi connectivity index (χ2v) is 3.93. The van der Waals surface area contributed by atoms with Crippen molar-refractivity contribution in [3.63, 3.8) is 0 Å². The van der Waals surface area contributed by atoms with E-state index in [1.807, 2.05) is 0 Å². The normalized spacial score (nSPS) is 11.0. The SMILES string of the molecule is CCOC(=O)Cc1cc(C#N)c(C(F)(F)F)c(CO)c1. The van der Waals surface area contributed by atoms with Gasteiger partial charge < -0.3 is 9.84 Å². The Kier molecular flexibility index (Phi) is 5.11. The smallest absolute Gasteiger partial charge is 0.418 e. The van der Waals surface area contributed by atoms with Gasteiger partial charge in [-0.1, -0.05) is 6.07 Å². The molecule has 1 aromatic rings. The number of aliphatic hydroxyl groups excluding tert-OH is 1. The number of nitriles is 1. The molecule has 1 rings (SSSR count). The fraction of sp³-hybridized carbons (Fsp3) is 0.385. The van der Waals surface area contributed by atoms with Crippen LogP contribution in [0, 0.1) is 11.3 Å². The van der Waals surface area contributed by atoms with Crippen LogP contribution >= 0.6 is 0 Å². The van der Waals surface area contributed by atoms with E-state index < -0.39 is 35.4 Å². The van der Waals surface area contributed by atoms with Gasteiger partial charge in [-0.05, 0) is 24.1 Å². The van der Waals surface area contributed by atoms with Gasteiger partial charge in [0, 0.05) is 0 Å². The van der Waals surface area contributed by atoms with Crippen molar-refractivity contribution in [1.29, 1.82) is 5.26 Å². The monoisotopic (exact) mass is 287 g/mol. The molecule has 0 atom stereocenters.